The number of aromatic nitrogens is 2. The van der Waals surface area contributed by atoms with Gasteiger partial charge in [-0.25, -0.2) is 4.68 Å². The van der Waals surface area contributed by atoms with Gasteiger partial charge in [0.15, 0.2) is 12.1 Å². The maximum atomic E-state index is 13.5. The fraction of sp³-hybridized carbons (Fsp3) is 0.250. The molecule has 1 unspecified atom stereocenters. The van der Waals surface area contributed by atoms with E-state index in [1.165, 1.54) is 11.6 Å². The van der Waals surface area contributed by atoms with Gasteiger partial charge in [0.2, 0.25) is 0 Å². The molecule has 2 N–H and O–H groups in total. The van der Waals surface area contributed by atoms with Gasteiger partial charge in [0.05, 0.1) is 19.1 Å². The molecule has 3 heterocycles. The zero-order chi connectivity index (χ0) is 24.8. The van der Waals surface area contributed by atoms with E-state index in [4.69, 9.17) is 26.4 Å². The van der Waals surface area contributed by atoms with E-state index in [1.54, 1.807) is 23.3 Å². The molecular weight excluding hydrogens is 443 g/mol. The van der Waals surface area contributed by atoms with E-state index in [9.17, 15) is 4.39 Å². The lowest BCUT2D eigenvalue weighted by molar-refractivity contribution is 0.0356. The molecule has 0 saturated carbocycles. The molecule has 180 valence electrons. The molecule has 0 bridgehead atoms. The van der Waals surface area contributed by atoms with Crippen LogP contribution >= 0.6 is 0 Å². The highest BCUT2D eigenvalue weighted by Crippen LogP contribution is 2.38. The van der Waals surface area contributed by atoms with Crippen LogP contribution in [0.5, 0.6) is 0 Å². The van der Waals surface area contributed by atoms with Gasteiger partial charge in [0.25, 0.3) is 0 Å². The van der Waals surface area contributed by atoms with Gasteiger partial charge >= 0.3 is 0 Å². The Hall–Kier alpha value is -4.02. The molecule has 0 amide bonds. The van der Waals surface area contributed by atoms with Crippen LogP contribution in [0.2, 0.25) is 0 Å². The molecule has 7 heteroatoms. The summed E-state index contributed by atoms with van der Waals surface area (Å²) in [5.74, 6) is 1.33. The number of hydrogen-bond donors (Lipinski definition) is 1. The Kier molecular flexibility index (Phi) is 7.54. The van der Waals surface area contributed by atoms with Crippen molar-refractivity contribution < 1.29 is 13.5 Å². The highest BCUT2D eigenvalue weighted by molar-refractivity contribution is 5.63. The van der Waals surface area contributed by atoms with Crippen LogP contribution in [0.3, 0.4) is 0 Å². The van der Waals surface area contributed by atoms with E-state index in [1.807, 2.05) is 37.2 Å². The fourth-order valence-electron chi connectivity index (χ4n) is 4.04. The third-order valence-corrected chi connectivity index (χ3v) is 5.88. The Morgan fingerprint density at radius 3 is 2.77 bits per heavy atom. The van der Waals surface area contributed by atoms with E-state index < -0.39 is 5.83 Å². The number of nitrogens with zero attached hydrogens (tertiary/aromatic N) is 3. The van der Waals surface area contributed by atoms with Gasteiger partial charge in [0, 0.05) is 40.9 Å². The molecule has 1 aromatic carbocycles. The first-order valence-electron chi connectivity index (χ1n) is 11.5. The molecule has 1 atom stereocenters. The quantitative estimate of drug-likeness (QED) is 0.250. The van der Waals surface area contributed by atoms with Crippen LogP contribution in [-0.2, 0) is 11.2 Å². The molecule has 3 aromatic rings. The minimum atomic E-state index is -0.644. The number of halogens is 1. The Bertz CT molecular complexity index is 1280. The van der Waals surface area contributed by atoms with Crippen LogP contribution in [-0.4, -0.2) is 27.8 Å². The summed E-state index contributed by atoms with van der Waals surface area (Å²) in [6.07, 6.45) is 16.8. The standard InChI is InChI=1S/C28H29FN4O2/c1-4-6-25-19-35-28(32(25)15-13-21-8-11-24(30)12-9-21)26-17-33(20(3)7-10-23(29)5-2)31-27(26)22-14-16-34-18-22/h2,6-12,14,16-18,28H,4,13,15,19,30H2,1,3H3/b20-7+,23-10+,25-6+. The topological polar surface area (TPSA) is 69.5 Å². The average Bonchev–Trinajstić information content (AvgIpc) is 3.62. The van der Waals surface area contributed by atoms with Gasteiger partial charge in [0.1, 0.15) is 5.69 Å². The first kappa shape index (κ1) is 24.1. The maximum absolute atomic E-state index is 13.5. The summed E-state index contributed by atoms with van der Waals surface area (Å²) >= 11 is 0. The van der Waals surface area contributed by atoms with Crippen LogP contribution in [0, 0.1) is 12.3 Å². The minimum absolute atomic E-state index is 0.328. The Labute approximate surface area is 205 Å². The summed E-state index contributed by atoms with van der Waals surface area (Å²) in [6.45, 7) is 5.24. The summed E-state index contributed by atoms with van der Waals surface area (Å²) < 4.78 is 26.8. The number of benzene rings is 1. The Morgan fingerprint density at radius 1 is 1.29 bits per heavy atom. The van der Waals surface area contributed by atoms with Crippen LogP contribution < -0.4 is 5.73 Å². The number of furan rings is 1. The summed E-state index contributed by atoms with van der Waals surface area (Å²) in [5.41, 5.74) is 12.1. The highest BCUT2D eigenvalue weighted by Gasteiger charge is 2.33. The number of ether oxygens (including phenoxy) is 1. The summed E-state index contributed by atoms with van der Waals surface area (Å²) in [6, 6.07) is 9.81. The fourth-order valence-corrected chi connectivity index (χ4v) is 4.04. The van der Waals surface area contributed by atoms with Crippen LogP contribution in [0.4, 0.5) is 10.1 Å². The zero-order valence-corrected chi connectivity index (χ0v) is 19.9. The van der Waals surface area contributed by atoms with E-state index in [0.29, 0.717) is 12.3 Å². The van der Waals surface area contributed by atoms with Crippen molar-refractivity contribution in [1.82, 2.24) is 14.7 Å². The van der Waals surface area contributed by atoms with Crippen molar-refractivity contribution in [2.24, 2.45) is 0 Å². The monoisotopic (exact) mass is 472 g/mol. The van der Waals surface area contributed by atoms with Crippen LogP contribution in [0.25, 0.3) is 17.0 Å². The number of rotatable bonds is 8. The first-order chi connectivity index (χ1) is 17.0. The number of terminal acetylenes is 1. The number of nitrogen functional groups attached to an aromatic ring is 1. The average molecular weight is 473 g/mol. The number of anilines is 1. The normalized spacial score (nSPS) is 17.8. The predicted octanol–water partition coefficient (Wildman–Crippen LogP) is 5.94. The molecule has 35 heavy (non-hydrogen) atoms. The molecule has 1 saturated heterocycles. The molecule has 0 aliphatic carbocycles. The number of allylic oxidation sites excluding steroid dienone is 5. The van der Waals surface area contributed by atoms with Crippen molar-refractivity contribution in [3.05, 3.63) is 89.9 Å². The second-order valence-electron chi connectivity index (χ2n) is 8.31. The van der Waals surface area contributed by atoms with Crippen LogP contribution in [0.1, 0.15) is 37.6 Å². The minimum Gasteiger partial charge on any atom is -0.472 e. The molecule has 0 spiro atoms. The van der Waals surface area contributed by atoms with E-state index in [2.05, 4.69) is 30.0 Å². The molecular formula is C28H29FN4O2. The second kappa shape index (κ2) is 10.9. The third-order valence-electron chi connectivity index (χ3n) is 5.88. The molecule has 1 fully saturated rings. The van der Waals surface area contributed by atoms with Gasteiger partial charge < -0.3 is 19.8 Å². The van der Waals surface area contributed by atoms with Crippen molar-refractivity contribution in [2.75, 3.05) is 18.9 Å². The lowest BCUT2D eigenvalue weighted by Crippen LogP contribution is -2.25. The predicted molar refractivity (Wildman–Crippen MR) is 136 cm³/mol. The number of hydrogen-bond acceptors (Lipinski definition) is 5. The molecule has 0 radical (unpaired) electrons. The molecule has 2 aromatic heterocycles. The molecule has 1 aliphatic heterocycles. The second-order valence-corrected chi connectivity index (χ2v) is 8.31. The van der Waals surface area contributed by atoms with E-state index in [-0.39, 0.29) is 6.23 Å². The molecule has 6 nitrogen and oxygen atoms in total. The van der Waals surface area contributed by atoms with E-state index >= 15 is 0 Å². The van der Waals surface area contributed by atoms with Gasteiger partial charge in [-0.15, -0.1) is 6.42 Å². The SMILES string of the molecule is C#C/C(F)=C\C=C(/C)n1cc(C2OC/C(=C\CC)N2CCc2ccc(N)cc2)c(-c2ccoc2)n1. The highest BCUT2D eigenvalue weighted by atomic mass is 19.1. The van der Waals surface area contributed by atoms with Gasteiger partial charge in [-0.05, 0) is 61.6 Å². The Morgan fingerprint density at radius 2 is 2.09 bits per heavy atom. The van der Waals surface area contributed by atoms with Crippen LogP contribution in [0.15, 0.2) is 83.2 Å². The first-order valence-corrected chi connectivity index (χ1v) is 11.5. The van der Waals surface area contributed by atoms with Crippen molar-refractivity contribution in [3.63, 3.8) is 0 Å². The maximum Gasteiger partial charge on any atom is 0.172 e. The zero-order valence-electron chi connectivity index (χ0n) is 19.9. The van der Waals surface area contributed by atoms with Gasteiger partial charge in [-0.1, -0.05) is 25.1 Å². The lowest BCUT2D eigenvalue weighted by atomic mass is 10.1. The van der Waals surface area contributed by atoms with Gasteiger partial charge in [-0.2, -0.15) is 9.49 Å². The van der Waals surface area contributed by atoms with Crippen molar-refractivity contribution in [3.8, 4) is 23.6 Å². The molecule has 1 aliphatic rings. The third kappa shape index (κ3) is 5.56. The largest absolute Gasteiger partial charge is 0.472 e. The van der Waals surface area contributed by atoms with E-state index in [0.717, 1.165) is 47.6 Å². The lowest BCUT2D eigenvalue weighted by Gasteiger charge is -2.26. The summed E-state index contributed by atoms with van der Waals surface area (Å²) in [4.78, 5) is 2.28. The van der Waals surface area contributed by atoms with Gasteiger partial charge in [-0.3, -0.25) is 0 Å². The van der Waals surface area contributed by atoms with Crippen molar-refractivity contribution in [1.29, 1.82) is 0 Å². The number of nitrogens with two attached hydrogens (primary N) is 1. The van der Waals surface area contributed by atoms with Crippen molar-refractivity contribution in [2.45, 2.75) is 32.9 Å². The van der Waals surface area contributed by atoms with Crippen molar-refractivity contribution >= 4 is 11.4 Å². The Balaban J connectivity index is 1.69. The smallest absolute Gasteiger partial charge is 0.172 e. The summed E-state index contributed by atoms with van der Waals surface area (Å²) in [5, 5.41) is 4.78. The molecule has 4 rings (SSSR count). The summed E-state index contributed by atoms with van der Waals surface area (Å²) in [7, 11) is 0.